The second-order valence-corrected chi connectivity index (χ2v) is 3.85. The van der Waals surface area contributed by atoms with E-state index < -0.39 is 12.0 Å². The first-order valence-corrected chi connectivity index (χ1v) is 5.34. The quantitative estimate of drug-likeness (QED) is 0.604. The lowest BCUT2D eigenvalue weighted by molar-refractivity contribution is -0.143. The van der Waals surface area contributed by atoms with Gasteiger partial charge in [0.1, 0.15) is 6.04 Å². The van der Waals surface area contributed by atoms with Crippen LogP contribution in [0.15, 0.2) is 0 Å². The normalized spacial score (nSPS) is 22.1. The molecule has 1 heterocycles. The van der Waals surface area contributed by atoms with Gasteiger partial charge in [0.2, 0.25) is 11.8 Å². The van der Waals surface area contributed by atoms with Gasteiger partial charge in [0.25, 0.3) is 0 Å². The number of carbonyl (C=O) groups is 3. The van der Waals surface area contributed by atoms with Gasteiger partial charge in [0, 0.05) is 13.0 Å². The molecule has 0 aromatic heterocycles. The first-order chi connectivity index (χ1) is 7.54. The lowest BCUT2D eigenvalue weighted by Crippen LogP contribution is -2.48. The Bertz CT molecular complexity index is 293. The highest BCUT2D eigenvalue weighted by atomic mass is 16.4. The van der Waals surface area contributed by atoms with Crippen LogP contribution in [0.1, 0.15) is 26.2 Å². The fraction of sp³-hybridized carbons (Fsp3) is 0.700. The highest BCUT2D eigenvalue weighted by Gasteiger charge is 2.27. The molecular weight excluding hydrogens is 212 g/mol. The number of carboxylic acids is 1. The van der Waals surface area contributed by atoms with Gasteiger partial charge < -0.3 is 15.7 Å². The summed E-state index contributed by atoms with van der Waals surface area (Å²) >= 11 is 0. The van der Waals surface area contributed by atoms with E-state index in [1.807, 2.05) is 0 Å². The molecule has 1 fully saturated rings. The molecule has 0 radical (unpaired) electrons. The number of amides is 2. The smallest absolute Gasteiger partial charge is 0.326 e. The third kappa shape index (κ3) is 3.22. The number of carbonyl (C=O) groups excluding carboxylic acids is 2. The van der Waals surface area contributed by atoms with Gasteiger partial charge in [-0.3, -0.25) is 9.59 Å². The molecule has 6 nitrogen and oxygen atoms in total. The van der Waals surface area contributed by atoms with Crippen molar-refractivity contribution >= 4 is 17.8 Å². The number of nitrogens with one attached hydrogen (secondary N) is 2. The van der Waals surface area contributed by atoms with E-state index in [-0.39, 0.29) is 17.7 Å². The molecule has 1 unspecified atom stereocenters. The second-order valence-electron chi connectivity index (χ2n) is 3.85. The molecule has 1 aliphatic rings. The third-order valence-electron chi connectivity index (χ3n) is 2.66. The second kappa shape index (κ2) is 5.48. The Labute approximate surface area is 93.4 Å². The van der Waals surface area contributed by atoms with Crippen molar-refractivity contribution in [1.82, 2.24) is 10.6 Å². The minimum absolute atomic E-state index is 0.0608. The maximum Gasteiger partial charge on any atom is 0.326 e. The number of piperidine rings is 1. The molecule has 2 amide bonds. The molecule has 6 heteroatoms. The monoisotopic (exact) mass is 228 g/mol. The summed E-state index contributed by atoms with van der Waals surface area (Å²) in [5.74, 6) is -1.70. The first-order valence-electron chi connectivity index (χ1n) is 5.34. The Morgan fingerprint density at radius 2 is 2.31 bits per heavy atom. The maximum absolute atomic E-state index is 11.7. The topological polar surface area (TPSA) is 95.5 Å². The SMILES string of the molecule is CC[C@H](NC(=O)C1CCC(=O)NC1)C(=O)O. The molecule has 16 heavy (non-hydrogen) atoms. The number of rotatable bonds is 4. The molecule has 1 rings (SSSR count). The van der Waals surface area contributed by atoms with Crippen LogP contribution in [0.25, 0.3) is 0 Å². The zero-order chi connectivity index (χ0) is 12.1. The van der Waals surface area contributed by atoms with Gasteiger partial charge in [-0.25, -0.2) is 4.79 Å². The van der Waals surface area contributed by atoms with Gasteiger partial charge in [0.05, 0.1) is 5.92 Å². The lowest BCUT2D eigenvalue weighted by atomic mass is 9.98. The molecule has 0 spiro atoms. The van der Waals surface area contributed by atoms with Crippen LogP contribution in [0.3, 0.4) is 0 Å². The summed E-state index contributed by atoms with van der Waals surface area (Å²) in [6, 6.07) is -0.842. The van der Waals surface area contributed by atoms with Crippen LogP contribution in [-0.4, -0.2) is 35.5 Å². The van der Waals surface area contributed by atoms with E-state index in [9.17, 15) is 14.4 Å². The van der Waals surface area contributed by atoms with Crippen LogP contribution < -0.4 is 10.6 Å². The van der Waals surface area contributed by atoms with Crippen molar-refractivity contribution in [3.05, 3.63) is 0 Å². The number of hydrogen-bond acceptors (Lipinski definition) is 3. The average Bonchev–Trinajstić information content (AvgIpc) is 2.26. The van der Waals surface area contributed by atoms with Gasteiger partial charge in [-0.1, -0.05) is 6.92 Å². The molecule has 2 atom stereocenters. The molecule has 0 saturated carbocycles. The Balaban J connectivity index is 2.45. The molecule has 0 bridgehead atoms. The fourth-order valence-electron chi connectivity index (χ4n) is 1.58. The summed E-state index contributed by atoms with van der Waals surface area (Å²) in [5.41, 5.74) is 0. The lowest BCUT2D eigenvalue weighted by Gasteiger charge is -2.23. The molecule has 90 valence electrons. The van der Waals surface area contributed by atoms with Crippen molar-refractivity contribution in [1.29, 1.82) is 0 Å². The van der Waals surface area contributed by atoms with Crippen LogP contribution in [0.2, 0.25) is 0 Å². The number of aliphatic carboxylic acids is 1. The van der Waals surface area contributed by atoms with E-state index in [1.165, 1.54) is 0 Å². The highest BCUT2D eigenvalue weighted by Crippen LogP contribution is 2.11. The van der Waals surface area contributed by atoms with Gasteiger partial charge in [-0.2, -0.15) is 0 Å². The van der Waals surface area contributed by atoms with Crippen LogP contribution in [-0.2, 0) is 14.4 Å². The predicted molar refractivity (Wildman–Crippen MR) is 55.6 cm³/mol. The fourth-order valence-corrected chi connectivity index (χ4v) is 1.58. The van der Waals surface area contributed by atoms with Gasteiger partial charge in [-0.15, -0.1) is 0 Å². The summed E-state index contributed by atoms with van der Waals surface area (Å²) in [6.45, 7) is 1.99. The van der Waals surface area contributed by atoms with Crippen LogP contribution >= 0.6 is 0 Å². The van der Waals surface area contributed by atoms with Crippen molar-refractivity contribution in [2.45, 2.75) is 32.2 Å². The Morgan fingerprint density at radius 1 is 1.62 bits per heavy atom. The van der Waals surface area contributed by atoms with Crippen LogP contribution in [0, 0.1) is 5.92 Å². The predicted octanol–water partition coefficient (Wildman–Crippen LogP) is -0.508. The standard InChI is InChI=1S/C10H16N2O4/c1-2-7(10(15)16)12-9(14)6-3-4-8(13)11-5-6/h6-7H,2-5H2,1H3,(H,11,13)(H,12,14)(H,15,16)/t6?,7-/m0/s1. The largest absolute Gasteiger partial charge is 0.480 e. The zero-order valence-corrected chi connectivity index (χ0v) is 9.16. The van der Waals surface area contributed by atoms with E-state index in [4.69, 9.17) is 5.11 Å². The molecule has 0 aromatic rings. The third-order valence-corrected chi connectivity index (χ3v) is 2.66. The summed E-state index contributed by atoms with van der Waals surface area (Å²) in [7, 11) is 0. The zero-order valence-electron chi connectivity index (χ0n) is 9.16. The van der Waals surface area contributed by atoms with E-state index in [0.717, 1.165) is 0 Å². The van der Waals surface area contributed by atoms with Crippen molar-refractivity contribution < 1.29 is 19.5 Å². The summed E-state index contributed by atoms with van der Waals surface area (Å²) in [5, 5.41) is 13.8. The molecule has 3 N–H and O–H groups in total. The maximum atomic E-state index is 11.7. The number of carboxylic acid groups (broad SMARTS) is 1. The van der Waals surface area contributed by atoms with E-state index in [2.05, 4.69) is 10.6 Å². The van der Waals surface area contributed by atoms with Crippen molar-refractivity contribution in [3.63, 3.8) is 0 Å². The number of hydrogen-bond donors (Lipinski definition) is 3. The molecule has 1 aliphatic heterocycles. The Hall–Kier alpha value is -1.59. The van der Waals surface area contributed by atoms with Gasteiger partial charge >= 0.3 is 5.97 Å². The van der Waals surface area contributed by atoms with Crippen molar-refractivity contribution in [2.24, 2.45) is 5.92 Å². The Kier molecular flexibility index (Phi) is 4.28. The van der Waals surface area contributed by atoms with Gasteiger partial charge in [-0.05, 0) is 12.8 Å². The molecule has 1 saturated heterocycles. The summed E-state index contributed by atoms with van der Waals surface area (Å²) in [4.78, 5) is 33.3. The first kappa shape index (κ1) is 12.5. The van der Waals surface area contributed by atoms with E-state index in [0.29, 0.717) is 25.8 Å². The molecular formula is C10H16N2O4. The van der Waals surface area contributed by atoms with E-state index >= 15 is 0 Å². The van der Waals surface area contributed by atoms with Crippen LogP contribution in [0.4, 0.5) is 0 Å². The Morgan fingerprint density at radius 3 is 2.75 bits per heavy atom. The highest BCUT2D eigenvalue weighted by molar-refractivity contribution is 5.87. The summed E-state index contributed by atoms with van der Waals surface area (Å²) in [6.07, 6.45) is 1.15. The average molecular weight is 228 g/mol. The van der Waals surface area contributed by atoms with E-state index in [1.54, 1.807) is 6.92 Å². The van der Waals surface area contributed by atoms with Crippen LogP contribution in [0.5, 0.6) is 0 Å². The minimum Gasteiger partial charge on any atom is -0.480 e. The minimum atomic E-state index is -1.03. The molecule has 0 aromatic carbocycles. The molecule has 0 aliphatic carbocycles. The van der Waals surface area contributed by atoms with Gasteiger partial charge in [0.15, 0.2) is 0 Å². The van der Waals surface area contributed by atoms with Crippen molar-refractivity contribution in [2.75, 3.05) is 6.54 Å². The summed E-state index contributed by atoms with van der Waals surface area (Å²) < 4.78 is 0. The van der Waals surface area contributed by atoms with Crippen molar-refractivity contribution in [3.8, 4) is 0 Å².